The van der Waals surface area contributed by atoms with Crippen LogP contribution in [-0.4, -0.2) is 41.0 Å². The summed E-state index contributed by atoms with van der Waals surface area (Å²) in [5, 5.41) is 10.7. The predicted octanol–water partition coefficient (Wildman–Crippen LogP) is -1.52. The lowest BCUT2D eigenvalue weighted by Crippen LogP contribution is -2.65. The summed E-state index contributed by atoms with van der Waals surface area (Å²) >= 11 is 0. The molecule has 1 fully saturated rings. The van der Waals surface area contributed by atoms with Crippen molar-refractivity contribution in [2.45, 2.75) is 13.1 Å². The Hall–Kier alpha value is -2.66. The van der Waals surface area contributed by atoms with Crippen molar-refractivity contribution < 1.29 is 42.3 Å². The fourth-order valence-electron chi connectivity index (χ4n) is 0.814. The lowest BCUT2D eigenvalue weighted by atomic mass is 9.86. The second-order valence-corrected chi connectivity index (χ2v) is 3.53. The highest BCUT2D eigenvalue weighted by Crippen LogP contribution is 2.18. The van der Waals surface area contributed by atoms with E-state index in [1.807, 2.05) is 0 Å². The number of amides is 5. The van der Waals surface area contributed by atoms with Gasteiger partial charge in [0.1, 0.15) is 0 Å². The Balaban J connectivity index is 0.000000441. The molecule has 0 atom stereocenters. The zero-order valence-corrected chi connectivity index (χ0v) is 9.70. The highest BCUT2D eigenvalue weighted by molar-refractivity contribution is 6.29. The fourth-order valence-corrected chi connectivity index (χ4v) is 0.814. The van der Waals surface area contributed by atoms with Crippen LogP contribution in [0.25, 0.3) is 0 Å². The molecular formula is C8H8F3N3O6. The zero-order valence-electron chi connectivity index (χ0n) is 9.70. The monoisotopic (exact) mass is 299 g/mol. The number of nitrogens with two attached hydrogens (primary N) is 1. The Kier molecular flexibility index (Phi) is 4.80. The Morgan fingerprint density at radius 1 is 1.15 bits per heavy atom. The van der Waals surface area contributed by atoms with E-state index in [0.717, 1.165) is 6.92 Å². The van der Waals surface area contributed by atoms with Gasteiger partial charge in [-0.25, -0.2) is 9.59 Å². The fraction of sp³-hybridized carbons (Fsp3) is 0.375. The van der Waals surface area contributed by atoms with E-state index < -0.39 is 41.3 Å². The predicted molar refractivity (Wildman–Crippen MR) is 52.7 cm³/mol. The first-order valence-electron chi connectivity index (χ1n) is 4.60. The lowest BCUT2D eigenvalue weighted by Gasteiger charge is -2.26. The number of primary amides is 1. The van der Waals surface area contributed by atoms with E-state index in [1.165, 1.54) is 0 Å². The van der Waals surface area contributed by atoms with E-state index >= 15 is 0 Å². The summed E-state index contributed by atoms with van der Waals surface area (Å²) in [6.07, 6.45) is -5.08. The van der Waals surface area contributed by atoms with E-state index in [4.69, 9.17) is 15.6 Å². The molecule has 0 spiro atoms. The Bertz CT molecular complexity index is 466. The number of imide groups is 2. The number of carboxylic acid groups (broad SMARTS) is 1. The number of carboxylic acids is 1. The van der Waals surface area contributed by atoms with Gasteiger partial charge in [-0.15, -0.1) is 0 Å². The van der Waals surface area contributed by atoms with Gasteiger partial charge in [0.05, 0.1) is 0 Å². The van der Waals surface area contributed by atoms with Crippen LogP contribution < -0.4 is 16.4 Å². The van der Waals surface area contributed by atoms with Crippen molar-refractivity contribution >= 4 is 29.7 Å². The molecule has 0 aromatic heterocycles. The molecule has 0 bridgehead atoms. The molecule has 9 nitrogen and oxygen atoms in total. The van der Waals surface area contributed by atoms with E-state index in [0.29, 0.717) is 0 Å². The van der Waals surface area contributed by atoms with Crippen LogP contribution in [0.1, 0.15) is 6.92 Å². The number of rotatable bonds is 1. The SMILES string of the molecule is CC1(C(N)=O)C(=O)NC(=O)NC1=O.O=C(O)C(F)(F)F. The number of aliphatic carboxylic acids is 1. The Labute approximate surface area is 108 Å². The topological polar surface area (TPSA) is 156 Å². The summed E-state index contributed by atoms with van der Waals surface area (Å²) in [7, 11) is 0. The summed E-state index contributed by atoms with van der Waals surface area (Å²) in [5.41, 5.74) is 2.85. The number of hydrogen-bond donors (Lipinski definition) is 4. The first kappa shape index (κ1) is 17.3. The van der Waals surface area contributed by atoms with Crippen LogP contribution in [0.4, 0.5) is 18.0 Å². The number of halogens is 3. The van der Waals surface area contributed by atoms with E-state index in [9.17, 15) is 32.3 Å². The molecule has 0 radical (unpaired) electrons. The van der Waals surface area contributed by atoms with Gasteiger partial charge in [0, 0.05) is 0 Å². The molecular weight excluding hydrogens is 291 g/mol. The molecule has 0 unspecified atom stereocenters. The number of hydrogen-bond acceptors (Lipinski definition) is 5. The maximum absolute atomic E-state index is 11.1. The molecule has 112 valence electrons. The minimum atomic E-state index is -5.08. The van der Waals surface area contributed by atoms with Gasteiger partial charge < -0.3 is 10.8 Å². The first-order chi connectivity index (χ1) is 8.83. The third-order valence-electron chi connectivity index (χ3n) is 2.10. The van der Waals surface area contributed by atoms with Crippen LogP contribution in [0.15, 0.2) is 0 Å². The van der Waals surface area contributed by atoms with Crippen molar-refractivity contribution in [3.63, 3.8) is 0 Å². The standard InChI is InChI=1S/C6H7N3O4.C2HF3O2/c1-6(2(7)10)3(11)8-5(13)9-4(6)12;3-2(4,5)1(6)7/h1H3,(H2,7,10)(H2,8,9,11,12,13);(H,6,7). The number of urea groups is 1. The maximum Gasteiger partial charge on any atom is 0.490 e. The normalized spacial score (nSPS) is 17.3. The summed E-state index contributed by atoms with van der Waals surface area (Å²) in [5.74, 6) is -5.87. The van der Waals surface area contributed by atoms with Crippen LogP contribution in [-0.2, 0) is 19.2 Å². The van der Waals surface area contributed by atoms with Crippen LogP contribution in [0.5, 0.6) is 0 Å². The van der Waals surface area contributed by atoms with Crippen LogP contribution in [0.3, 0.4) is 0 Å². The minimum Gasteiger partial charge on any atom is -0.475 e. The molecule has 0 aromatic carbocycles. The van der Waals surface area contributed by atoms with Gasteiger partial charge in [-0.3, -0.25) is 25.0 Å². The molecule has 5 N–H and O–H groups in total. The van der Waals surface area contributed by atoms with E-state index in [2.05, 4.69) is 0 Å². The molecule has 1 aliphatic heterocycles. The molecule has 1 saturated heterocycles. The van der Waals surface area contributed by atoms with Gasteiger partial charge in [-0.2, -0.15) is 13.2 Å². The average Bonchev–Trinajstić information content (AvgIpc) is 2.24. The maximum atomic E-state index is 11.1. The Morgan fingerprint density at radius 3 is 1.65 bits per heavy atom. The van der Waals surface area contributed by atoms with Gasteiger partial charge in [0.25, 0.3) is 11.8 Å². The van der Waals surface area contributed by atoms with Crippen molar-refractivity contribution in [1.82, 2.24) is 10.6 Å². The largest absolute Gasteiger partial charge is 0.490 e. The average molecular weight is 299 g/mol. The second kappa shape index (κ2) is 5.54. The Morgan fingerprint density at radius 2 is 1.45 bits per heavy atom. The van der Waals surface area contributed by atoms with E-state index in [-0.39, 0.29) is 0 Å². The van der Waals surface area contributed by atoms with Crippen molar-refractivity contribution in [2.75, 3.05) is 0 Å². The quantitative estimate of drug-likeness (QED) is 0.431. The minimum absolute atomic E-state index is 0.950. The molecule has 1 rings (SSSR count). The van der Waals surface area contributed by atoms with Gasteiger partial charge in [-0.05, 0) is 6.92 Å². The van der Waals surface area contributed by atoms with E-state index in [1.54, 1.807) is 10.6 Å². The molecule has 5 amide bonds. The van der Waals surface area contributed by atoms with Crippen LogP contribution in [0.2, 0.25) is 0 Å². The molecule has 1 aliphatic rings. The first-order valence-corrected chi connectivity index (χ1v) is 4.60. The van der Waals surface area contributed by atoms with Crippen LogP contribution in [0, 0.1) is 5.41 Å². The number of barbiturate groups is 1. The van der Waals surface area contributed by atoms with Crippen LogP contribution >= 0.6 is 0 Å². The van der Waals surface area contributed by atoms with Crippen molar-refractivity contribution in [3.8, 4) is 0 Å². The lowest BCUT2D eigenvalue weighted by molar-refractivity contribution is -0.192. The molecule has 0 aliphatic carbocycles. The summed E-state index contributed by atoms with van der Waals surface area (Å²) in [6, 6.07) is -0.950. The smallest absolute Gasteiger partial charge is 0.475 e. The molecule has 20 heavy (non-hydrogen) atoms. The summed E-state index contributed by atoms with van der Waals surface area (Å²) < 4.78 is 31.7. The number of alkyl halides is 3. The molecule has 1 heterocycles. The molecule has 0 aromatic rings. The summed E-state index contributed by atoms with van der Waals surface area (Å²) in [6.45, 7) is 1.05. The summed E-state index contributed by atoms with van der Waals surface area (Å²) in [4.78, 5) is 52.4. The third-order valence-corrected chi connectivity index (χ3v) is 2.10. The zero-order chi connectivity index (χ0) is 16.3. The van der Waals surface area contributed by atoms with Gasteiger partial charge in [0.2, 0.25) is 11.3 Å². The highest BCUT2D eigenvalue weighted by Gasteiger charge is 2.51. The van der Waals surface area contributed by atoms with Gasteiger partial charge in [-0.1, -0.05) is 0 Å². The number of carbonyl (C=O) groups is 5. The van der Waals surface area contributed by atoms with Crippen molar-refractivity contribution in [3.05, 3.63) is 0 Å². The number of carbonyl (C=O) groups excluding carboxylic acids is 4. The van der Waals surface area contributed by atoms with Crippen molar-refractivity contribution in [1.29, 1.82) is 0 Å². The highest BCUT2D eigenvalue weighted by atomic mass is 19.4. The van der Waals surface area contributed by atoms with Gasteiger partial charge >= 0.3 is 18.2 Å². The molecule has 12 heteroatoms. The molecule has 0 saturated carbocycles. The van der Waals surface area contributed by atoms with Gasteiger partial charge in [0.15, 0.2) is 0 Å². The number of nitrogens with one attached hydrogen (secondary N) is 2. The third kappa shape index (κ3) is 3.66. The van der Waals surface area contributed by atoms with Crippen molar-refractivity contribution in [2.24, 2.45) is 11.1 Å². The second-order valence-electron chi connectivity index (χ2n) is 3.53.